The zero-order valence-corrected chi connectivity index (χ0v) is 14.8. The van der Waals surface area contributed by atoms with Gasteiger partial charge in [-0.15, -0.1) is 0 Å². The summed E-state index contributed by atoms with van der Waals surface area (Å²) in [4.78, 5) is 2.53. The Hall–Kier alpha value is -1.03. The van der Waals surface area contributed by atoms with E-state index in [9.17, 15) is 0 Å². The smallest absolute Gasteiger partial charge is 0.131 e. The van der Waals surface area contributed by atoms with Crippen molar-refractivity contribution >= 4 is 5.82 Å². The molecule has 4 nitrogen and oxygen atoms in total. The fourth-order valence-corrected chi connectivity index (χ4v) is 3.10. The van der Waals surface area contributed by atoms with Gasteiger partial charge in [0.1, 0.15) is 5.82 Å². The Bertz CT molecular complexity index is 484. The van der Waals surface area contributed by atoms with Gasteiger partial charge >= 0.3 is 0 Å². The summed E-state index contributed by atoms with van der Waals surface area (Å²) in [5.41, 5.74) is 2.63. The number of hydrogen-bond donors (Lipinski definition) is 1. The molecule has 0 aliphatic carbocycles. The minimum Gasteiger partial charge on any atom is -0.356 e. The molecule has 2 atom stereocenters. The number of hydrogen-bond acceptors (Lipinski definition) is 3. The van der Waals surface area contributed by atoms with E-state index in [1.54, 1.807) is 0 Å². The Balaban J connectivity index is 2.22. The summed E-state index contributed by atoms with van der Waals surface area (Å²) >= 11 is 0. The van der Waals surface area contributed by atoms with Gasteiger partial charge in [-0.1, -0.05) is 13.8 Å². The standard InChI is InChI=1S/C17H32N4/c1-12-8-9-21(11-13(12)2)16-15(10-18-17(4,5)6)14(3)19-20(16)7/h12-13,18H,8-11H2,1-7H3. The van der Waals surface area contributed by atoms with Gasteiger partial charge in [0.2, 0.25) is 0 Å². The molecule has 1 aliphatic rings. The summed E-state index contributed by atoms with van der Waals surface area (Å²) in [6.45, 7) is 16.7. The molecule has 1 saturated heterocycles. The first-order valence-corrected chi connectivity index (χ1v) is 8.21. The Morgan fingerprint density at radius 1 is 1.24 bits per heavy atom. The first-order valence-electron chi connectivity index (χ1n) is 8.21. The molecule has 1 aliphatic heterocycles. The van der Waals surface area contributed by atoms with Crippen molar-refractivity contribution in [1.29, 1.82) is 0 Å². The number of rotatable bonds is 3. The van der Waals surface area contributed by atoms with Gasteiger partial charge in [0.25, 0.3) is 0 Å². The molecule has 1 N–H and O–H groups in total. The summed E-state index contributed by atoms with van der Waals surface area (Å²) < 4.78 is 2.07. The van der Waals surface area contributed by atoms with E-state index in [2.05, 4.69) is 68.6 Å². The van der Waals surface area contributed by atoms with E-state index in [-0.39, 0.29) is 5.54 Å². The fraction of sp³-hybridized carbons (Fsp3) is 0.824. The third kappa shape index (κ3) is 3.79. The van der Waals surface area contributed by atoms with Crippen LogP contribution in [-0.4, -0.2) is 28.4 Å². The summed E-state index contributed by atoms with van der Waals surface area (Å²) in [7, 11) is 2.08. The molecule has 2 heterocycles. The second kappa shape index (κ2) is 5.99. The van der Waals surface area contributed by atoms with E-state index in [1.807, 2.05) is 0 Å². The van der Waals surface area contributed by atoms with Crippen LogP contribution in [0.4, 0.5) is 5.82 Å². The largest absolute Gasteiger partial charge is 0.356 e. The van der Waals surface area contributed by atoms with Crippen molar-refractivity contribution in [2.75, 3.05) is 18.0 Å². The summed E-state index contributed by atoms with van der Waals surface area (Å²) in [5, 5.41) is 8.28. The SMILES string of the molecule is Cc1nn(C)c(N2CCC(C)C(C)C2)c1CNC(C)(C)C. The van der Waals surface area contributed by atoms with Crippen LogP contribution >= 0.6 is 0 Å². The van der Waals surface area contributed by atoms with Crippen molar-refractivity contribution < 1.29 is 0 Å². The quantitative estimate of drug-likeness (QED) is 0.929. The van der Waals surface area contributed by atoms with Gasteiger partial charge in [0, 0.05) is 37.8 Å². The Morgan fingerprint density at radius 3 is 2.48 bits per heavy atom. The number of aromatic nitrogens is 2. The lowest BCUT2D eigenvalue weighted by Crippen LogP contribution is -2.40. The minimum atomic E-state index is 0.128. The average Bonchev–Trinajstić information content (AvgIpc) is 2.64. The minimum absolute atomic E-state index is 0.128. The van der Waals surface area contributed by atoms with E-state index in [4.69, 9.17) is 0 Å². The average molecular weight is 292 g/mol. The highest BCUT2D eigenvalue weighted by molar-refractivity contribution is 5.50. The molecular weight excluding hydrogens is 260 g/mol. The molecule has 1 fully saturated rings. The van der Waals surface area contributed by atoms with Crippen LogP contribution in [0.2, 0.25) is 0 Å². The van der Waals surface area contributed by atoms with Crippen LogP contribution in [0.15, 0.2) is 0 Å². The molecule has 0 spiro atoms. The monoisotopic (exact) mass is 292 g/mol. The highest BCUT2D eigenvalue weighted by Gasteiger charge is 2.27. The van der Waals surface area contributed by atoms with Crippen molar-refractivity contribution in [3.8, 4) is 0 Å². The van der Waals surface area contributed by atoms with Gasteiger partial charge < -0.3 is 10.2 Å². The first-order chi connectivity index (χ1) is 9.69. The van der Waals surface area contributed by atoms with Gasteiger partial charge in [-0.25, -0.2) is 0 Å². The predicted octanol–water partition coefficient (Wildman–Crippen LogP) is 3.10. The van der Waals surface area contributed by atoms with Crippen LogP contribution in [0.3, 0.4) is 0 Å². The Kier molecular flexibility index (Phi) is 4.66. The van der Waals surface area contributed by atoms with E-state index in [0.29, 0.717) is 0 Å². The van der Waals surface area contributed by atoms with Crippen molar-refractivity contribution in [2.24, 2.45) is 18.9 Å². The van der Waals surface area contributed by atoms with Crippen LogP contribution in [0.5, 0.6) is 0 Å². The number of nitrogens with one attached hydrogen (secondary N) is 1. The molecule has 0 amide bonds. The lowest BCUT2D eigenvalue weighted by Gasteiger charge is -2.37. The highest BCUT2D eigenvalue weighted by Crippen LogP contribution is 2.30. The maximum atomic E-state index is 4.67. The van der Waals surface area contributed by atoms with Gasteiger partial charge in [0.15, 0.2) is 0 Å². The molecule has 0 bridgehead atoms. The first kappa shape index (κ1) is 16.3. The Morgan fingerprint density at radius 2 is 1.90 bits per heavy atom. The molecule has 4 heteroatoms. The molecule has 21 heavy (non-hydrogen) atoms. The third-order valence-electron chi connectivity index (χ3n) is 4.74. The third-order valence-corrected chi connectivity index (χ3v) is 4.74. The number of nitrogens with zero attached hydrogens (tertiary/aromatic N) is 3. The van der Waals surface area contributed by atoms with Crippen molar-refractivity contribution in [3.05, 3.63) is 11.3 Å². The Labute approximate surface area is 129 Å². The topological polar surface area (TPSA) is 33.1 Å². The zero-order valence-electron chi connectivity index (χ0n) is 14.8. The number of aryl methyl sites for hydroxylation is 2. The van der Waals surface area contributed by atoms with Crippen LogP contribution in [-0.2, 0) is 13.6 Å². The van der Waals surface area contributed by atoms with E-state index >= 15 is 0 Å². The van der Waals surface area contributed by atoms with Gasteiger partial charge in [-0.05, 0) is 46.0 Å². The highest BCUT2D eigenvalue weighted by atomic mass is 15.4. The molecule has 2 unspecified atom stereocenters. The number of piperidine rings is 1. The molecule has 0 radical (unpaired) electrons. The second-order valence-electron chi connectivity index (χ2n) is 7.80. The molecule has 0 saturated carbocycles. The molecule has 120 valence electrons. The van der Waals surface area contributed by atoms with E-state index in [1.165, 1.54) is 17.8 Å². The van der Waals surface area contributed by atoms with Crippen molar-refractivity contribution in [1.82, 2.24) is 15.1 Å². The fourth-order valence-electron chi connectivity index (χ4n) is 3.10. The van der Waals surface area contributed by atoms with Crippen molar-refractivity contribution in [2.45, 2.75) is 60.0 Å². The van der Waals surface area contributed by atoms with Crippen LogP contribution in [0.25, 0.3) is 0 Å². The van der Waals surface area contributed by atoms with Crippen LogP contribution < -0.4 is 10.2 Å². The zero-order chi connectivity index (χ0) is 15.8. The molecule has 1 aromatic rings. The number of anilines is 1. The molecule has 2 rings (SSSR count). The van der Waals surface area contributed by atoms with E-state index < -0.39 is 0 Å². The lowest BCUT2D eigenvalue weighted by atomic mass is 9.88. The van der Waals surface area contributed by atoms with Gasteiger partial charge in [-0.2, -0.15) is 5.10 Å². The summed E-state index contributed by atoms with van der Waals surface area (Å²) in [6.07, 6.45) is 1.28. The second-order valence-corrected chi connectivity index (χ2v) is 7.80. The normalized spacial score (nSPS) is 23.7. The summed E-state index contributed by atoms with van der Waals surface area (Å²) in [6, 6.07) is 0. The maximum absolute atomic E-state index is 4.67. The van der Waals surface area contributed by atoms with Crippen LogP contribution in [0, 0.1) is 18.8 Å². The van der Waals surface area contributed by atoms with Crippen LogP contribution in [0.1, 0.15) is 52.3 Å². The van der Waals surface area contributed by atoms with Gasteiger partial charge in [-0.3, -0.25) is 4.68 Å². The lowest BCUT2D eigenvalue weighted by molar-refractivity contribution is 0.320. The maximum Gasteiger partial charge on any atom is 0.131 e. The molecular formula is C17H32N4. The van der Waals surface area contributed by atoms with Gasteiger partial charge in [0.05, 0.1) is 5.69 Å². The molecule has 0 aromatic carbocycles. The van der Waals surface area contributed by atoms with Crippen molar-refractivity contribution in [3.63, 3.8) is 0 Å². The summed E-state index contributed by atoms with van der Waals surface area (Å²) in [5.74, 6) is 2.88. The van der Waals surface area contributed by atoms with E-state index in [0.717, 1.165) is 37.2 Å². The molecule has 1 aromatic heterocycles. The predicted molar refractivity (Wildman–Crippen MR) is 89.7 cm³/mol.